The molecule has 0 unspecified atom stereocenters. The van der Waals surface area contributed by atoms with Crippen molar-refractivity contribution in [2.45, 2.75) is 13.0 Å². The molecule has 100 valence electrons. The minimum Gasteiger partial charge on any atom is -0.476 e. The van der Waals surface area contributed by atoms with Crippen LogP contribution in [0, 0.1) is 5.82 Å². The van der Waals surface area contributed by atoms with E-state index < -0.39 is 11.8 Å². The summed E-state index contributed by atoms with van der Waals surface area (Å²) >= 11 is 0. The molecule has 0 amide bonds. The number of nitrogens with zero attached hydrogens (tertiary/aromatic N) is 3. The van der Waals surface area contributed by atoms with Gasteiger partial charge in [-0.15, -0.1) is 5.10 Å². The first-order chi connectivity index (χ1) is 9.13. The van der Waals surface area contributed by atoms with Crippen LogP contribution in [0.2, 0.25) is 0 Å². The molecule has 0 atom stereocenters. The van der Waals surface area contributed by atoms with Gasteiger partial charge in [-0.2, -0.15) is 0 Å². The number of carbonyl (C=O) groups is 1. The van der Waals surface area contributed by atoms with Crippen LogP contribution in [0.5, 0.6) is 0 Å². The van der Waals surface area contributed by atoms with E-state index in [4.69, 9.17) is 10.2 Å². The summed E-state index contributed by atoms with van der Waals surface area (Å²) in [6.07, 6.45) is 0.427. The van der Waals surface area contributed by atoms with Gasteiger partial charge in [0.1, 0.15) is 11.5 Å². The molecule has 2 N–H and O–H groups in total. The van der Waals surface area contributed by atoms with E-state index in [1.165, 1.54) is 28.9 Å². The zero-order valence-electron chi connectivity index (χ0n) is 9.95. The molecular formula is C12H12FN3O3. The van der Waals surface area contributed by atoms with Gasteiger partial charge < -0.3 is 10.2 Å². The highest BCUT2D eigenvalue weighted by molar-refractivity contribution is 5.92. The van der Waals surface area contributed by atoms with Gasteiger partial charge in [0.05, 0.1) is 0 Å². The zero-order valence-corrected chi connectivity index (χ0v) is 9.95. The third kappa shape index (κ3) is 2.76. The molecule has 19 heavy (non-hydrogen) atoms. The molecule has 2 aromatic rings. The van der Waals surface area contributed by atoms with Crippen LogP contribution >= 0.6 is 0 Å². The molecule has 1 aromatic carbocycles. The van der Waals surface area contributed by atoms with E-state index in [0.717, 1.165) is 0 Å². The van der Waals surface area contributed by atoms with Crippen LogP contribution in [0.15, 0.2) is 24.3 Å². The molecule has 0 spiro atoms. The molecule has 6 nitrogen and oxygen atoms in total. The maximum absolute atomic E-state index is 12.9. The number of hydrogen-bond acceptors (Lipinski definition) is 4. The number of aryl methyl sites for hydroxylation is 1. The van der Waals surface area contributed by atoms with Gasteiger partial charge in [0.2, 0.25) is 0 Å². The number of hydrogen-bond donors (Lipinski definition) is 2. The number of aliphatic hydroxyl groups is 1. The molecule has 0 radical (unpaired) electrons. The van der Waals surface area contributed by atoms with Gasteiger partial charge in [-0.05, 0) is 30.7 Å². The van der Waals surface area contributed by atoms with Crippen molar-refractivity contribution in [1.29, 1.82) is 0 Å². The molecule has 0 aliphatic rings. The number of rotatable bonds is 5. The molecule has 1 heterocycles. The van der Waals surface area contributed by atoms with Crippen LogP contribution in [0.1, 0.15) is 16.9 Å². The fraction of sp³-hybridized carbons (Fsp3) is 0.250. The minimum atomic E-state index is -1.20. The van der Waals surface area contributed by atoms with Crippen LogP contribution in [0.3, 0.4) is 0 Å². The molecule has 7 heteroatoms. The molecule has 2 rings (SSSR count). The Morgan fingerprint density at radius 2 is 2.00 bits per heavy atom. The Kier molecular flexibility index (Phi) is 3.86. The second kappa shape index (κ2) is 5.57. The van der Waals surface area contributed by atoms with Crippen LogP contribution in [0.25, 0.3) is 11.3 Å². The van der Waals surface area contributed by atoms with Crippen molar-refractivity contribution in [1.82, 2.24) is 15.0 Å². The molecule has 0 aliphatic heterocycles. The van der Waals surface area contributed by atoms with Crippen LogP contribution in [0.4, 0.5) is 4.39 Å². The first kappa shape index (κ1) is 13.2. The Bertz CT molecular complexity index is 580. The minimum absolute atomic E-state index is 0.0366. The number of aromatic carboxylic acids is 1. The molecular weight excluding hydrogens is 253 g/mol. The standard InChI is InChI=1S/C12H12FN3O3/c13-9-4-2-8(3-5-9)11-10(12(18)19)14-15-16(11)6-1-7-17/h2-5,17H,1,6-7H2,(H,18,19). The molecule has 0 bridgehead atoms. The Morgan fingerprint density at radius 1 is 1.32 bits per heavy atom. The largest absolute Gasteiger partial charge is 0.476 e. The molecule has 0 aliphatic carbocycles. The first-order valence-corrected chi connectivity index (χ1v) is 5.67. The van der Waals surface area contributed by atoms with Crippen LogP contribution in [-0.2, 0) is 6.54 Å². The van der Waals surface area contributed by atoms with Gasteiger partial charge in [0, 0.05) is 18.7 Å². The fourth-order valence-corrected chi connectivity index (χ4v) is 1.73. The quantitative estimate of drug-likeness (QED) is 0.847. The lowest BCUT2D eigenvalue weighted by Crippen LogP contribution is -2.06. The molecule has 0 fully saturated rings. The summed E-state index contributed by atoms with van der Waals surface area (Å²) in [5.41, 5.74) is 0.632. The van der Waals surface area contributed by atoms with Crippen molar-refractivity contribution < 1.29 is 19.4 Å². The highest BCUT2D eigenvalue weighted by atomic mass is 19.1. The van der Waals surface area contributed by atoms with Crippen molar-refractivity contribution in [2.75, 3.05) is 6.61 Å². The average Bonchev–Trinajstić information content (AvgIpc) is 2.81. The van der Waals surface area contributed by atoms with E-state index in [0.29, 0.717) is 24.2 Å². The normalized spacial score (nSPS) is 10.6. The third-order valence-corrected chi connectivity index (χ3v) is 2.58. The van der Waals surface area contributed by atoms with Gasteiger partial charge in [0.25, 0.3) is 0 Å². The van der Waals surface area contributed by atoms with E-state index in [2.05, 4.69) is 10.3 Å². The van der Waals surface area contributed by atoms with E-state index in [-0.39, 0.29) is 12.3 Å². The van der Waals surface area contributed by atoms with Crippen molar-refractivity contribution >= 4 is 5.97 Å². The summed E-state index contributed by atoms with van der Waals surface area (Å²) in [5.74, 6) is -1.61. The summed E-state index contributed by atoms with van der Waals surface area (Å²) < 4.78 is 14.3. The number of aromatic nitrogens is 3. The van der Waals surface area contributed by atoms with Crippen LogP contribution in [-0.4, -0.2) is 37.8 Å². The highest BCUT2D eigenvalue weighted by Crippen LogP contribution is 2.22. The number of carboxylic acids is 1. The predicted molar refractivity (Wildman–Crippen MR) is 64.1 cm³/mol. The second-order valence-electron chi connectivity index (χ2n) is 3.90. The van der Waals surface area contributed by atoms with Gasteiger partial charge in [-0.25, -0.2) is 13.9 Å². The van der Waals surface area contributed by atoms with E-state index in [9.17, 15) is 9.18 Å². The smallest absolute Gasteiger partial charge is 0.358 e. The van der Waals surface area contributed by atoms with E-state index in [1.807, 2.05) is 0 Å². The lowest BCUT2D eigenvalue weighted by atomic mass is 10.1. The number of aliphatic hydroxyl groups excluding tert-OH is 1. The summed E-state index contributed by atoms with van der Waals surface area (Å²) in [6, 6.07) is 5.42. The predicted octanol–water partition coefficient (Wildman–Crippen LogP) is 1.16. The maximum atomic E-state index is 12.9. The molecule has 1 aromatic heterocycles. The lowest BCUT2D eigenvalue weighted by Gasteiger charge is -2.06. The summed E-state index contributed by atoms with van der Waals surface area (Å²) in [6.45, 7) is 0.300. The number of halogens is 1. The van der Waals surface area contributed by atoms with Gasteiger partial charge >= 0.3 is 5.97 Å². The Hall–Kier alpha value is -2.28. The van der Waals surface area contributed by atoms with Crippen molar-refractivity contribution in [2.24, 2.45) is 0 Å². The highest BCUT2D eigenvalue weighted by Gasteiger charge is 2.20. The monoisotopic (exact) mass is 265 g/mol. The van der Waals surface area contributed by atoms with Gasteiger partial charge in [-0.1, -0.05) is 5.21 Å². The van der Waals surface area contributed by atoms with Gasteiger partial charge in [-0.3, -0.25) is 0 Å². The first-order valence-electron chi connectivity index (χ1n) is 5.67. The van der Waals surface area contributed by atoms with Crippen molar-refractivity contribution in [3.63, 3.8) is 0 Å². The Labute approximate surface area is 108 Å². The summed E-state index contributed by atoms with van der Waals surface area (Å²) in [4.78, 5) is 11.1. The van der Waals surface area contributed by atoms with Crippen molar-refractivity contribution in [3.8, 4) is 11.3 Å². The fourth-order valence-electron chi connectivity index (χ4n) is 1.73. The van der Waals surface area contributed by atoms with Crippen LogP contribution < -0.4 is 0 Å². The second-order valence-corrected chi connectivity index (χ2v) is 3.90. The Morgan fingerprint density at radius 3 is 2.58 bits per heavy atom. The number of benzene rings is 1. The summed E-state index contributed by atoms with van der Waals surface area (Å²) in [7, 11) is 0. The lowest BCUT2D eigenvalue weighted by molar-refractivity contribution is 0.0691. The van der Waals surface area contributed by atoms with E-state index in [1.54, 1.807) is 0 Å². The molecule has 0 saturated heterocycles. The maximum Gasteiger partial charge on any atom is 0.358 e. The van der Waals surface area contributed by atoms with E-state index >= 15 is 0 Å². The zero-order chi connectivity index (χ0) is 13.8. The third-order valence-electron chi connectivity index (χ3n) is 2.58. The molecule has 0 saturated carbocycles. The van der Waals surface area contributed by atoms with Gasteiger partial charge in [0.15, 0.2) is 5.69 Å². The Balaban J connectivity index is 2.47. The average molecular weight is 265 g/mol. The topological polar surface area (TPSA) is 88.2 Å². The number of carboxylic acid groups (broad SMARTS) is 1. The SMILES string of the molecule is O=C(O)c1nnn(CCCO)c1-c1ccc(F)cc1. The van der Waals surface area contributed by atoms with Crippen molar-refractivity contribution in [3.05, 3.63) is 35.8 Å². The summed E-state index contributed by atoms with van der Waals surface area (Å²) in [5, 5.41) is 25.3.